The van der Waals surface area contributed by atoms with Gasteiger partial charge >= 0.3 is 0 Å². The third-order valence-electron chi connectivity index (χ3n) is 4.27. The minimum Gasteiger partial charge on any atom is -0.496 e. The summed E-state index contributed by atoms with van der Waals surface area (Å²) in [6.45, 7) is 1.01. The van der Waals surface area contributed by atoms with Gasteiger partial charge in [-0.2, -0.15) is 0 Å². The molecule has 2 aromatic carbocycles. The van der Waals surface area contributed by atoms with Gasteiger partial charge in [0.2, 0.25) is 0 Å². The predicted octanol–water partition coefficient (Wildman–Crippen LogP) is 3.81. The van der Waals surface area contributed by atoms with Crippen LogP contribution in [0.4, 0.5) is 10.1 Å². The van der Waals surface area contributed by atoms with Gasteiger partial charge in [0.25, 0.3) is 5.91 Å². The number of carbonyl (C=O) groups is 1. The average Bonchev–Trinajstić information content (AvgIpc) is 2.73. The molecule has 0 fully saturated rings. The maximum atomic E-state index is 12.9. The molecule has 0 bridgehead atoms. The zero-order chi connectivity index (χ0) is 19.8. The van der Waals surface area contributed by atoms with Crippen LogP contribution in [0.25, 0.3) is 0 Å². The topological polar surface area (TPSA) is 63.2 Å². The Kier molecular flexibility index (Phi) is 6.57. The SMILES string of the molecule is COc1ccccc1CCNc1ccnc(C(=O)NCc2ccc(F)cc2)c1. The lowest BCUT2D eigenvalue weighted by Crippen LogP contribution is -2.24. The van der Waals surface area contributed by atoms with E-state index in [0.717, 1.165) is 29.0 Å². The van der Waals surface area contributed by atoms with E-state index in [0.29, 0.717) is 18.8 Å². The van der Waals surface area contributed by atoms with E-state index in [1.807, 2.05) is 30.3 Å². The summed E-state index contributed by atoms with van der Waals surface area (Å²) in [7, 11) is 1.66. The average molecular weight is 379 g/mol. The zero-order valence-corrected chi connectivity index (χ0v) is 15.6. The molecule has 0 unspecified atom stereocenters. The van der Waals surface area contributed by atoms with Gasteiger partial charge in [-0.3, -0.25) is 9.78 Å². The van der Waals surface area contributed by atoms with Gasteiger partial charge in [-0.15, -0.1) is 0 Å². The van der Waals surface area contributed by atoms with Gasteiger partial charge in [-0.05, 0) is 47.9 Å². The first-order chi connectivity index (χ1) is 13.7. The molecule has 2 N–H and O–H groups in total. The molecule has 5 nitrogen and oxygen atoms in total. The lowest BCUT2D eigenvalue weighted by Gasteiger charge is -2.11. The molecule has 0 saturated heterocycles. The van der Waals surface area contributed by atoms with Crippen molar-refractivity contribution in [3.05, 3.63) is 89.5 Å². The van der Waals surface area contributed by atoms with Crippen LogP contribution < -0.4 is 15.4 Å². The Hall–Kier alpha value is -3.41. The van der Waals surface area contributed by atoms with Crippen LogP contribution in [0.5, 0.6) is 5.75 Å². The monoisotopic (exact) mass is 379 g/mol. The van der Waals surface area contributed by atoms with E-state index < -0.39 is 0 Å². The van der Waals surface area contributed by atoms with Gasteiger partial charge in [0, 0.05) is 25.0 Å². The van der Waals surface area contributed by atoms with E-state index in [9.17, 15) is 9.18 Å². The number of benzene rings is 2. The Balaban J connectivity index is 1.54. The normalized spacial score (nSPS) is 10.4. The number of halogens is 1. The molecule has 0 saturated carbocycles. The highest BCUT2D eigenvalue weighted by molar-refractivity contribution is 5.93. The van der Waals surface area contributed by atoms with Gasteiger partial charge in [0.1, 0.15) is 17.3 Å². The molecule has 1 amide bonds. The highest BCUT2D eigenvalue weighted by Crippen LogP contribution is 2.18. The fourth-order valence-electron chi connectivity index (χ4n) is 2.79. The molecule has 3 aromatic rings. The third kappa shape index (κ3) is 5.30. The van der Waals surface area contributed by atoms with Crippen molar-refractivity contribution < 1.29 is 13.9 Å². The number of nitrogens with one attached hydrogen (secondary N) is 2. The minimum absolute atomic E-state index is 0.280. The van der Waals surface area contributed by atoms with Crippen molar-refractivity contribution >= 4 is 11.6 Å². The predicted molar refractivity (Wildman–Crippen MR) is 107 cm³/mol. The van der Waals surface area contributed by atoms with E-state index >= 15 is 0 Å². The number of rotatable bonds is 8. The Morgan fingerprint density at radius 1 is 1.11 bits per heavy atom. The summed E-state index contributed by atoms with van der Waals surface area (Å²) < 4.78 is 18.3. The molecule has 28 heavy (non-hydrogen) atoms. The van der Waals surface area contributed by atoms with Crippen LogP contribution in [-0.4, -0.2) is 24.5 Å². The summed E-state index contributed by atoms with van der Waals surface area (Å²) in [5.74, 6) is 0.279. The van der Waals surface area contributed by atoms with Crippen LogP contribution in [0.1, 0.15) is 21.6 Å². The first-order valence-corrected chi connectivity index (χ1v) is 9.00. The third-order valence-corrected chi connectivity index (χ3v) is 4.27. The highest BCUT2D eigenvalue weighted by atomic mass is 19.1. The van der Waals surface area contributed by atoms with E-state index in [2.05, 4.69) is 15.6 Å². The van der Waals surface area contributed by atoms with Crippen LogP contribution in [-0.2, 0) is 13.0 Å². The molecule has 1 aromatic heterocycles. The van der Waals surface area contributed by atoms with Crippen LogP contribution in [0.2, 0.25) is 0 Å². The quantitative estimate of drug-likeness (QED) is 0.625. The molecule has 144 valence electrons. The molecule has 0 aliphatic heterocycles. The number of hydrogen-bond donors (Lipinski definition) is 2. The molecule has 0 aliphatic carbocycles. The van der Waals surface area contributed by atoms with Crippen molar-refractivity contribution in [1.82, 2.24) is 10.3 Å². The second-order valence-corrected chi connectivity index (χ2v) is 6.23. The smallest absolute Gasteiger partial charge is 0.270 e. The first kappa shape index (κ1) is 19.4. The van der Waals surface area contributed by atoms with Gasteiger partial charge < -0.3 is 15.4 Å². The maximum absolute atomic E-state index is 12.9. The van der Waals surface area contributed by atoms with Crippen LogP contribution in [0.3, 0.4) is 0 Å². The zero-order valence-electron chi connectivity index (χ0n) is 15.6. The van der Waals surface area contributed by atoms with E-state index in [1.54, 1.807) is 31.5 Å². The summed E-state index contributed by atoms with van der Waals surface area (Å²) in [6.07, 6.45) is 2.39. The number of methoxy groups -OCH3 is 1. The van der Waals surface area contributed by atoms with E-state index in [4.69, 9.17) is 4.74 Å². The fourth-order valence-corrected chi connectivity index (χ4v) is 2.79. The van der Waals surface area contributed by atoms with Gasteiger partial charge in [-0.1, -0.05) is 30.3 Å². The number of anilines is 1. The molecule has 0 atom stereocenters. The molecule has 6 heteroatoms. The summed E-state index contributed by atoms with van der Waals surface area (Å²) in [5.41, 5.74) is 3.07. The van der Waals surface area contributed by atoms with Gasteiger partial charge in [0.15, 0.2) is 0 Å². The summed E-state index contributed by atoms with van der Waals surface area (Å²) >= 11 is 0. The lowest BCUT2D eigenvalue weighted by molar-refractivity contribution is 0.0946. The number of hydrogen-bond acceptors (Lipinski definition) is 4. The highest BCUT2D eigenvalue weighted by Gasteiger charge is 2.08. The number of aromatic nitrogens is 1. The molecule has 1 heterocycles. The van der Waals surface area contributed by atoms with E-state index in [1.165, 1.54) is 12.1 Å². The van der Waals surface area contributed by atoms with Gasteiger partial charge in [-0.25, -0.2) is 4.39 Å². The van der Waals surface area contributed by atoms with Crippen molar-refractivity contribution in [3.63, 3.8) is 0 Å². The fraction of sp³-hybridized carbons (Fsp3) is 0.182. The second-order valence-electron chi connectivity index (χ2n) is 6.23. The van der Waals surface area contributed by atoms with Crippen molar-refractivity contribution in [3.8, 4) is 5.75 Å². The molecular formula is C22H22FN3O2. The van der Waals surface area contributed by atoms with Crippen molar-refractivity contribution in [2.45, 2.75) is 13.0 Å². The molecule has 0 aliphatic rings. The van der Waals surface area contributed by atoms with E-state index in [-0.39, 0.29) is 11.7 Å². The summed E-state index contributed by atoms with van der Waals surface area (Å²) in [6, 6.07) is 17.4. The largest absolute Gasteiger partial charge is 0.496 e. The molecule has 0 spiro atoms. The van der Waals surface area contributed by atoms with Crippen molar-refractivity contribution in [2.75, 3.05) is 19.0 Å². The Morgan fingerprint density at radius 2 is 1.89 bits per heavy atom. The number of para-hydroxylation sites is 1. The lowest BCUT2D eigenvalue weighted by atomic mass is 10.1. The number of pyridine rings is 1. The first-order valence-electron chi connectivity index (χ1n) is 9.00. The Labute approximate surface area is 163 Å². The number of amides is 1. The van der Waals surface area contributed by atoms with Crippen LogP contribution in [0, 0.1) is 5.82 Å². The second kappa shape index (κ2) is 9.50. The summed E-state index contributed by atoms with van der Waals surface area (Å²) in [4.78, 5) is 16.5. The maximum Gasteiger partial charge on any atom is 0.270 e. The molecular weight excluding hydrogens is 357 g/mol. The van der Waals surface area contributed by atoms with Crippen molar-refractivity contribution in [1.29, 1.82) is 0 Å². The number of nitrogens with zero attached hydrogens (tertiary/aromatic N) is 1. The molecule has 0 radical (unpaired) electrons. The molecule has 3 rings (SSSR count). The number of ether oxygens (including phenoxy) is 1. The standard InChI is InChI=1S/C22H22FN3O2/c1-28-21-5-3-2-4-17(21)10-12-24-19-11-13-25-20(14-19)22(27)26-15-16-6-8-18(23)9-7-16/h2-9,11,13-14H,10,12,15H2,1H3,(H,24,25)(H,26,27). The van der Waals surface area contributed by atoms with Crippen LogP contribution >= 0.6 is 0 Å². The summed E-state index contributed by atoms with van der Waals surface area (Å²) in [5, 5.41) is 6.09. The Morgan fingerprint density at radius 3 is 2.68 bits per heavy atom. The van der Waals surface area contributed by atoms with Crippen molar-refractivity contribution in [2.24, 2.45) is 0 Å². The van der Waals surface area contributed by atoms with Crippen LogP contribution in [0.15, 0.2) is 66.9 Å². The minimum atomic E-state index is -0.302. The number of carbonyl (C=O) groups excluding carboxylic acids is 1. The van der Waals surface area contributed by atoms with Gasteiger partial charge in [0.05, 0.1) is 7.11 Å². The Bertz CT molecular complexity index is 929.